The molecule has 2 amide bonds. The van der Waals surface area contributed by atoms with Crippen LogP contribution >= 0.6 is 28.6 Å². The molecular weight excluding hydrogens is 316 g/mol. The zero-order valence-corrected chi connectivity index (χ0v) is 12.6. The normalized spacial score (nSPS) is 11.1. The van der Waals surface area contributed by atoms with Crippen LogP contribution in [-0.4, -0.2) is 17.4 Å². The van der Waals surface area contributed by atoms with Crippen LogP contribution in [-0.2, 0) is 4.79 Å². The predicted molar refractivity (Wildman–Crippen MR) is 76.8 cm³/mol. The third-order valence-electron chi connectivity index (χ3n) is 2.26. The number of rotatable bonds is 4. The summed E-state index contributed by atoms with van der Waals surface area (Å²) >= 11 is 7.49. The first-order valence-electron chi connectivity index (χ1n) is 5.30. The van der Waals surface area contributed by atoms with Crippen molar-refractivity contribution in [3.63, 3.8) is 0 Å². The van der Waals surface area contributed by atoms with E-state index >= 15 is 0 Å². The lowest BCUT2D eigenvalue weighted by Crippen LogP contribution is -2.46. The Balaban J connectivity index is 2.88. The van der Waals surface area contributed by atoms with Gasteiger partial charge in [0.25, 0.3) is 5.91 Å². The van der Waals surface area contributed by atoms with Crippen LogP contribution in [0, 0.1) is 0 Å². The molecule has 0 radical (unpaired) electrons. The number of carbonyl (C=O) groups is 2. The summed E-state index contributed by atoms with van der Waals surface area (Å²) in [5.74, 6) is -0.730. The van der Waals surface area contributed by atoms with Crippen LogP contribution in [0.5, 0.6) is 0 Å². The Labute approximate surface area is 120 Å². The highest BCUT2D eigenvalue weighted by Crippen LogP contribution is 2.21. The quantitative estimate of drug-likeness (QED) is 0.740. The molecule has 0 fully saturated rings. The van der Waals surface area contributed by atoms with Crippen molar-refractivity contribution in [2.75, 3.05) is 0 Å². The van der Waals surface area contributed by atoms with Gasteiger partial charge in [0.15, 0.2) is 0 Å². The molecule has 98 valence electrons. The van der Waals surface area contributed by atoms with Crippen molar-refractivity contribution in [2.24, 2.45) is 5.73 Å². The minimum atomic E-state index is -0.686. The van der Waals surface area contributed by atoms with E-state index in [2.05, 4.69) is 33.9 Å². The van der Waals surface area contributed by atoms with Gasteiger partial charge in [-0.15, -0.1) is 12.6 Å². The van der Waals surface area contributed by atoms with E-state index in [-0.39, 0.29) is 12.3 Å². The number of nitrogens with one attached hydrogen (secondary N) is 1. The van der Waals surface area contributed by atoms with Gasteiger partial charge < -0.3 is 11.1 Å². The largest absolute Gasteiger partial charge is 0.370 e. The van der Waals surface area contributed by atoms with Crippen molar-refractivity contribution < 1.29 is 9.59 Å². The summed E-state index contributed by atoms with van der Waals surface area (Å²) in [6.07, 6.45) is 0.0803. The summed E-state index contributed by atoms with van der Waals surface area (Å²) < 4.78 is 0.674. The number of primary amides is 1. The topological polar surface area (TPSA) is 72.2 Å². The van der Waals surface area contributed by atoms with E-state index in [1.165, 1.54) is 0 Å². The standard InChI is InChI=1S/C12H15BrN2O2S/c1-12(2,6-10(14)16)15-11(17)8-5-7(18)3-4-9(8)13/h3-5,18H,6H2,1-2H3,(H2,14,16)(H,15,17). The molecule has 18 heavy (non-hydrogen) atoms. The van der Waals surface area contributed by atoms with Crippen molar-refractivity contribution in [1.82, 2.24) is 5.32 Å². The van der Waals surface area contributed by atoms with Crippen molar-refractivity contribution in [2.45, 2.75) is 30.7 Å². The number of halogens is 1. The summed E-state index contributed by atoms with van der Waals surface area (Å²) in [4.78, 5) is 23.7. The summed E-state index contributed by atoms with van der Waals surface area (Å²) in [5, 5.41) is 2.77. The molecule has 0 saturated carbocycles. The molecule has 4 nitrogen and oxygen atoms in total. The van der Waals surface area contributed by atoms with E-state index in [0.717, 1.165) is 0 Å². The van der Waals surface area contributed by atoms with Crippen molar-refractivity contribution in [3.05, 3.63) is 28.2 Å². The van der Waals surface area contributed by atoms with Crippen LogP contribution in [0.15, 0.2) is 27.6 Å². The maximum absolute atomic E-state index is 12.1. The van der Waals surface area contributed by atoms with Gasteiger partial charge in [-0.25, -0.2) is 0 Å². The molecule has 0 unspecified atom stereocenters. The van der Waals surface area contributed by atoms with Gasteiger partial charge in [-0.3, -0.25) is 9.59 Å². The van der Waals surface area contributed by atoms with Gasteiger partial charge in [-0.05, 0) is 48.0 Å². The highest BCUT2D eigenvalue weighted by molar-refractivity contribution is 9.10. The van der Waals surface area contributed by atoms with Crippen LogP contribution in [0.4, 0.5) is 0 Å². The molecule has 6 heteroatoms. The number of thiol groups is 1. The van der Waals surface area contributed by atoms with Gasteiger partial charge in [-0.1, -0.05) is 0 Å². The lowest BCUT2D eigenvalue weighted by atomic mass is 9.99. The van der Waals surface area contributed by atoms with Crippen LogP contribution in [0.1, 0.15) is 30.6 Å². The molecule has 1 aromatic rings. The SMILES string of the molecule is CC(C)(CC(N)=O)NC(=O)c1cc(S)ccc1Br. The second-order valence-corrected chi connectivity index (χ2v) is 6.02. The molecule has 0 spiro atoms. The molecule has 0 heterocycles. The minimum Gasteiger partial charge on any atom is -0.370 e. The van der Waals surface area contributed by atoms with Crippen LogP contribution < -0.4 is 11.1 Å². The number of benzene rings is 1. The fourth-order valence-corrected chi connectivity index (χ4v) is 2.17. The Hall–Kier alpha value is -1.01. The molecule has 0 aliphatic carbocycles. The Morgan fingerprint density at radius 3 is 2.61 bits per heavy atom. The molecule has 0 bridgehead atoms. The molecule has 0 aliphatic rings. The summed E-state index contributed by atoms with van der Waals surface area (Å²) in [6, 6.07) is 5.18. The molecule has 0 aliphatic heterocycles. The van der Waals surface area contributed by atoms with E-state index in [1.807, 2.05) is 0 Å². The Bertz CT molecular complexity index is 489. The summed E-state index contributed by atoms with van der Waals surface area (Å²) in [5.41, 5.74) is 4.92. The first kappa shape index (κ1) is 15.0. The Morgan fingerprint density at radius 1 is 1.44 bits per heavy atom. The van der Waals surface area contributed by atoms with Gasteiger partial charge in [0, 0.05) is 21.3 Å². The fourth-order valence-electron chi connectivity index (χ4n) is 1.54. The Morgan fingerprint density at radius 2 is 2.06 bits per heavy atom. The lowest BCUT2D eigenvalue weighted by Gasteiger charge is -2.25. The number of hydrogen-bond acceptors (Lipinski definition) is 3. The maximum Gasteiger partial charge on any atom is 0.252 e. The van der Waals surface area contributed by atoms with Gasteiger partial charge in [-0.2, -0.15) is 0 Å². The first-order chi connectivity index (χ1) is 8.21. The molecule has 1 rings (SSSR count). The first-order valence-corrected chi connectivity index (χ1v) is 6.54. The van der Waals surface area contributed by atoms with Crippen molar-refractivity contribution in [3.8, 4) is 0 Å². The van der Waals surface area contributed by atoms with Gasteiger partial charge in [0.1, 0.15) is 0 Å². The number of carbonyl (C=O) groups excluding carboxylic acids is 2. The van der Waals surface area contributed by atoms with E-state index in [1.54, 1.807) is 32.0 Å². The number of amides is 2. The third kappa shape index (κ3) is 4.34. The van der Waals surface area contributed by atoms with E-state index in [9.17, 15) is 9.59 Å². The lowest BCUT2D eigenvalue weighted by molar-refractivity contribution is -0.119. The molecule has 0 aromatic heterocycles. The van der Waals surface area contributed by atoms with Crippen LogP contribution in [0.2, 0.25) is 0 Å². The van der Waals surface area contributed by atoms with Crippen molar-refractivity contribution in [1.29, 1.82) is 0 Å². The molecule has 3 N–H and O–H groups in total. The fraction of sp³-hybridized carbons (Fsp3) is 0.333. The summed E-state index contributed by atoms with van der Waals surface area (Å²) in [6.45, 7) is 3.49. The van der Waals surface area contributed by atoms with E-state index in [4.69, 9.17) is 5.73 Å². The second kappa shape index (κ2) is 5.75. The average Bonchev–Trinajstić information content (AvgIpc) is 2.18. The zero-order chi connectivity index (χ0) is 13.9. The smallest absolute Gasteiger partial charge is 0.252 e. The highest BCUT2D eigenvalue weighted by atomic mass is 79.9. The number of hydrogen-bond donors (Lipinski definition) is 3. The molecule has 1 aromatic carbocycles. The Kier molecular flexibility index (Phi) is 4.81. The predicted octanol–water partition coefficient (Wildman–Crippen LogP) is 2.12. The minimum absolute atomic E-state index is 0.0803. The monoisotopic (exact) mass is 330 g/mol. The average molecular weight is 331 g/mol. The zero-order valence-electron chi connectivity index (χ0n) is 10.2. The highest BCUT2D eigenvalue weighted by Gasteiger charge is 2.24. The molecule has 0 saturated heterocycles. The van der Waals surface area contributed by atoms with E-state index in [0.29, 0.717) is 14.9 Å². The maximum atomic E-state index is 12.1. The van der Waals surface area contributed by atoms with Crippen molar-refractivity contribution >= 4 is 40.4 Å². The number of nitrogens with two attached hydrogens (primary N) is 1. The van der Waals surface area contributed by atoms with E-state index < -0.39 is 11.4 Å². The third-order valence-corrected chi connectivity index (χ3v) is 3.23. The molecular formula is C12H15BrN2O2S. The summed E-state index contributed by atoms with van der Waals surface area (Å²) in [7, 11) is 0. The second-order valence-electron chi connectivity index (χ2n) is 4.65. The van der Waals surface area contributed by atoms with Crippen LogP contribution in [0.25, 0.3) is 0 Å². The molecule has 0 atom stereocenters. The van der Waals surface area contributed by atoms with Crippen LogP contribution in [0.3, 0.4) is 0 Å². The van der Waals surface area contributed by atoms with Gasteiger partial charge in [0.2, 0.25) is 5.91 Å². The van der Waals surface area contributed by atoms with Gasteiger partial charge >= 0.3 is 0 Å². The van der Waals surface area contributed by atoms with Gasteiger partial charge in [0.05, 0.1) is 5.56 Å².